The second-order valence-electron chi connectivity index (χ2n) is 1.89. The van der Waals surface area contributed by atoms with Crippen molar-refractivity contribution in [3.63, 3.8) is 0 Å². The Bertz CT molecular complexity index is 261. The number of aromatic nitrogens is 2. The molecule has 0 aromatic carbocycles. The molecule has 1 heterocycles. The minimum Gasteiger partial charge on any atom is -0.289 e. The Hall–Kier alpha value is -1.01. The average Bonchev–Trinajstić information content (AvgIpc) is 1.93. The number of nitrogens with one attached hydrogen (secondary N) is 1. The molecule has 0 aliphatic rings. The molecular weight excluding hydrogens is 166 g/mol. The topological polar surface area (TPSA) is 75.1 Å². The molecular formula is C5H7N3O2S. The van der Waals surface area contributed by atoms with Gasteiger partial charge in [0.2, 0.25) is 0 Å². The highest BCUT2D eigenvalue weighted by atomic mass is 32.2. The predicted molar refractivity (Wildman–Crippen MR) is 41.2 cm³/mol. The third-order valence-corrected chi connectivity index (χ3v) is 1.36. The molecule has 0 aliphatic heterocycles. The fourth-order valence-electron chi connectivity index (χ4n) is 0.535. The SMILES string of the molecule is Cc1cnc(NS(=O)O)cn1. The molecule has 6 heteroatoms. The van der Waals surface area contributed by atoms with Crippen LogP contribution in [-0.4, -0.2) is 18.7 Å². The van der Waals surface area contributed by atoms with E-state index in [0.29, 0.717) is 0 Å². The minimum absolute atomic E-state index is 0.288. The van der Waals surface area contributed by atoms with Crippen LogP contribution in [-0.2, 0) is 11.3 Å². The van der Waals surface area contributed by atoms with Crippen molar-refractivity contribution in [2.45, 2.75) is 6.92 Å². The van der Waals surface area contributed by atoms with Gasteiger partial charge in [-0.2, -0.15) is 0 Å². The van der Waals surface area contributed by atoms with E-state index in [1.54, 1.807) is 6.92 Å². The summed E-state index contributed by atoms with van der Waals surface area (Å²) in [5, 5.41) is 0. The average molecular weight is 173 g/mol. The van der Waals surface area contributed by atoms with Crippen molar-refractivity contribution < 1.29 is 8.76 Å². The lowest BCUT2D eigenvalue weighted by Gasteiger charge is -1.97. The fourth-order valence-corrected chi connectivity index (χ4v) is 0.819. The Morgan fingerprint density at radius 2 is 2.27 bits per heavy atom. The largest absolute Gasteiger partial charge is 0.289 e. The standard InChI is InChI=1S/C5H7N3O2S/c1-4-2-7-5(3-6-4)8-11(9)10/h2-3H,1H3,(H,7,8)(H,9,10). The maximum atomic E-state index is 10.2. The van der Waals surface area contributed by atoms with Gasteiger partial charge in [-0.25, -0.2) is 9.19 Å². The molecule has 0 radical (unpaired) electrons. The third-order valence-electron chi connectivity index (χ3n) is 0.973. The van der Waals surface area contributed by atoms with E-state index in [4.69, 9.17) is 4.55 Å². The van der Waals surface area contributed by atoms with Crippen LogP contribution in [0.4, 0.5) is 5.82 Å². The molecule has 1 aromatic heterocycles. The van der Waals surface area contributed by atoms with Crippen molar-refractivity contribution in [1.29, 1.82) is 0 Å². The maximum absolute atomic E-state index is 10.2. The molecule has 0 amide bonds. The normalized spacial score (nSPS) is 12.5. The van der Waals surface area contributed by atoms with E-state index in [-0.39, 0.29) is 5.82 Å². The monoisotopic (exact) mass is 173 g/mol. The second kappa shape index (κ2) is 3.40. The van der Waals surface area contributed by atoms with Gasteiger partial charge in [0.05, 0.1) is 18.1 Å². The van der Waals surface area contributed by atoms with Gasteiger partial charge in [-0.15, -0.1) is 0 Å². The van der Waals surface area contributed by atoms with E-state index in [9.17, 15) is 4.21 Å². The van der Waals surface area contributed by atoms with Crippen LogP contribution in [0, 0.1) is 6.92 Å². The zero-order valence-electron chi connectivity index (χ0n) is 5.81. The highest BCUT2D eigenvalue weighted by Gasteiger charge is 1.95. The molecule has 0 bridgehead atoms. The maximum Gasteiger partial charge on any atom is 0.260 e. The van der Waals surface area contributed by atoms with Gasteiger partial charge in [-0.05, 0) is 6.92 Å². The first kappa shape index (κ1) is 8.09. The van der Waals surface area contributed by atoms with Crippen LogP contribution in [0.2, 0.25) is 0 Å². The first-order valence-corrected chi connectivity index (χ1v) is 3.95. The second-order valence-corrected chi connectivity index (χ2v) is 2.60. The van der Waals surface area contributed by atoms with E-state index in [1.807, 2.05) is 0 Å². The van der Waals surface area contributed by atoms with Crippen LogP contribution in [0.25, 0.3) is 0 Å². The first-order valence-electron chi connectivity index (χ1n) is 2.84. The molecule has 1 aromatic rings. The van der Waals surface area contributed by atoms with Gasteiger partial charge in [0.1, 0.15) is 0 Å². The summed E-state index contributed by atoms with van der Waals surface area (Å²) in [6.07, 6.45) is 2.90. The van der Waals surface area contributed by atoms with E-state index in [0.717, 1.165) is 5.69 Å². The Labute approximate surface area is 66.3 Å². The summed E-state index contributed by atoms with van der Waals surface area (Å²) in [6, 6.07) is 0. The summed E-state index contributed by atoms with van der Waals surface area (Å²) in [6.45, 7) is 1.78. The van der Waals surface area contributed by atoms with E-state index >= 15 is 0 Å². The van der Waals surface area contributed by atoms with E-state index in [1.165, 1.54) is 12.4 Å². The molecule has 0 aliphatic carbocycles. The number of aryl methyl sites for hydroxylation is 1. The lowest BCUT2D eigenvalue weighted by Crippen LogP contribution is -2.04. The van der Waals surface area contributed by atoms with Gasteiger partial charge in [0, 0.05) is 0 Å². The van der Waals surface area contributed by atoms with Gasteiger partial charge in [-0.3, -0.25) is 14.3 Å². The van der Waals surface area contributed by atoms with Crippen molar-refractivity contribution in [2.24, 2.45) is 0 Å². The molecule has 11 heavy (non-hydrogen) atoms. The van der Waals surface area contributed by atoms with E-state index in [2.05, 4.69) is 14.7 Å². The van der Waals surface area contributed by atoms with Gasteiger partial charge >= 0.3 is 0 Å². The van der Waals surface area contributed by atoms with Gasteiger partial charge in [0.15, 0.2) is 5.82 Å². The quantitative estimate of drug-likeness (QED) is 0.632. The summed E-state index contributed by atoms with van der Waals surface area (Å²) in [7, 11) is 0. The van der Waals surface area contributed by atoms with Crippen LogP contribution < -0.4 is 4.72 Å². The van der Waals surface area contributed by atoms with Crippen LogP contribution in [0.1, 0.15) is 5.69 Å². The van der Waals surface area contributed by atoms with Crippen LogP contribution in [0.3, 0.4) is 0 Å². The van der Waals surface area contributed by atoms with Crippen molar-refractivity contribution in [1.82, 2.24) is 9.97 Å². The van der Waals surface area contributed by atoms with Gasteiger partial charge < -0.3 is 0 Å². The van der Waals surface area contributed by atoms with Gasteiger partial charge in [-0.1, -0.05) is 0 Å². The van der Waals surface area contributed by atoms with Crippen molar-refractivity contribution in [3.8, 4) is 0 Å². The number of rotatable bonds is 2. The van der Waals surface area contributed by atoms with Crippen molar-refractivity contribution >= 4 is 17.1 Å². The van der Waals surface area contributed by atoms with Crippen molar-refractivity contribution in [3.05, 3.63) is 18.1 Å². The van der Waals surface area contributed by atoms with Crippen LogP contribution >= 0.6 is 0 Å². The lowest BCUT2D eigenvalue weighted by atomic mass is 10.5. The Morgan fingerprint density at radius 3 is 2.73 bits per heavy atom. The highest BCUT2D eigenvalue weighted by molar-refractivity contribution is 7.80. The number of hydrogen-bond acceptors (Lipinski definition) is 3. The number of anilines is 1. The van der Waals surface area contributed by atoms with E-state index < -0.39 is 11.3 Å². The van der Waals surface area contributed by atoms with Gasteiger partial charge in [0.25, 0.3) is 11.3 Å². The molecule has 0 saturated carbocycles. The summed E-state index contributed by atoms with van der Waals surface area (Å²) in [5.41, 5.74) is 0.763. The zero-order chi connectivity index (χ0) is 8.27. The summed E-state index contributed by atoms with van der Waals surface area (Å²) in [4.78, 5) is 7.65. The molecule has 1 rings (SSSR count). The number of hydrogen-bond donors (Lipinski definition) is 2. The summed E-state index contributed by atoms with van der Waals surface area (Å²) < 4.78 is 20.7. The smallest absolute Gasteiger partial charge is 0.260 e. The predicted octanol–water partition coefficient (Wildman–Crippen LogP) is 0.334. The Morgan fingerprint density at radius 1 is 1.55 bits per heavy atom. The third kappa shape index (κ3) is 2.60. The van der Waals surface area contributed by atoms with Crippen LogP contribution in [0.5, 0.6) is 0 Å². The zero-order valence-corrected chi connectivity index (χ0v) is 6.63. The molecule has 5 nitrogen and oxygen atoms in total. The molecule has 0 fully saturated rings. The Balaban J connectivity index is 2.74. The first-order chi connectivity index (χ1) is 5.18. The minimum atomic E-state index is -2.08. The summed E-state index contributed by atoms with van der Waals surface area (Å²) in [5.74, 6) is 0.288. The van der Waals surface area contributed by atoms with Crippen molar-refractivity contribution in [2.75, 3.05) is 4.72 Å². The summed E-state index contributed by atoms with van der Waals surface area (Å²) >= 11 is -2.08. The highest BCUT2D eigenvalue weighted by Crippen LogP contribution is 1.99. The molecule has 0 saturated heterocycles. The van der Waals surface area contributed by atoms with Crippen LogP contribution in [0.15, 0.2) is 12.4 Å². The number of nitrogens with zero attached hydrogens (tertiary/aromatic N) is 2. The molecule has 1 atom stereocenters. The lowest BCUT2D eigenvalue weighted by molar-refractivity contribution is 0.570. The fraction of sp³-hybridized carbons (Fsp3) is 0.200. The Kier molecular flexibility index (Phi) is 2.50. The molecule has 2 N–H and O–H groups in total. The molecule has 60 valence electrons. The molecule has 1 unspecified atom stereocenters. The molecule has 0 spiro atoms.